The standard InChI is InChI=1S/C12H15Cl3S/c1-11(16-2,9-12(13,14)15)8-10-6-4-3-5-7-10/h3-7H,8-9H2,1-2H3. The van der Waals surface area contributed by atoms with Crippen LogP contribution in [-0.2, 0) is 6.42 Å². The lowest BCUT2D eigenvalue weighted by Crippen LogP contribution is -2.29. The van der Waals surface area contributed by atoms with Gasteiger partial charge in [0.25, 0.3) is 0 Å². The first kappa shape index (κ1) is 14.5. The van der Waals surface area contributed by atoms with E-state index < -0.39 is 3.79 Å². The Bertz CT molecular complexity index is 321. The Morgan fingerprint density at radius 1 is 1.12 bits per heavy atom. The van der Waals surface area contributed by atoms with Crippen molar-refractivity contribution >= 4 is 46.6 Å². The minimum atomic E-state index is -1.19. The van der Waals surface area contributed by atoms with Crippen molar-refractivity contribution in [3.05, 3.63) is 35.9 Å². The van der Waals surface area contributed by atoms with E-state index in [1.54, 1.807) is 11.8 Å². The highest BCUT2D eigenvalue weighted by atomic mass is 35.6. The Hall–Kier alpha value is 0.440. The van der Waals surface area contributed by atoms with E-state index in [0.717, 1.165) is 6.42 Å². The summed E-state index contributed by atoms with van der Waals surface area (Å²) in [6, 6.07) is 10.3. The van der Waals surface area contributed by atoms with Crippen molar-refractivity contribution in [2.45, 2.75) is 28.3 Å². The van der Waals surface area contributed by atoms with Gasteiger partial charge in [-0.1, -0.05) is 65.1 Å². The van der Waals surface area contributed by atoms with E-state index >= 15 is 0 Å². The molecule has 1 aromatic carbocycles. The van der Waals surface area contributed by atoms with Gasteiger partial charge in [0.2, 0.25) is 0 Å². The Morgan fingerprint density at radius 3 is 2.12 bits per heavy atom. The third-order valence-corrected chi connectivity index (χ3v) is 4.16. The van der Waals surface area contributed by atoms with Crippen LogP contribution >= 0.6 is 46.6 Å². The molecule has 0 aromatic heterocycles. The van der Waals surface area contributed by atoms with Gasteiger partial charge in [-0.25, -0.2) is 0 Å². The summed E-state index contributed by atoms with van der Waals surface area (Å²) in [6.07, 6.45) is 3.50. The molecule has 0 aliphatic carbocycles. The lowest BCUT2D eigenvalue weighted by molar-refractivity contribution is 0.593. The molecule has 0 fully saturated rings. The van der Waals surface area contributed by atoms with Gasteiger partial charge in [-0.05, 0) is 25.2 Å². The molecule has 0 amide bonds. The third kappa shape index (κ3) is 5.18. The molecule has 1 rings (SSSR count). The predicted octanol–water partition coefficient (Wildman–Crippen LogP) is 5.11. The highest BCUT2D eigenvalue weighted by molar-refractivity contribution is 7.99. The van der Waals surface area contributed by atoms with Gasteiger partial charge >= 0.3 is 0 Å². The summed E-state index contributed by atoms with van der Waals surface area (Å²) in [5.74, 6) is 0. The zero-order chi connectivity index (χ0) is 12.2. The third-order valence-electron chi connectivity index (χ3n) is 2.49. The largest absolute Gasteiger partial charge is 0.191 e. The first-order valence-electron chi connectivity index (χ1n) is 5.00. The van der Waals surface area contributed by atoms with Gasteiger partial charge in [-0.3, -0.25) is 0 Å². The molecule has 0 bridgehead atoms. The molecule has 90 valence electrons. The number of thioether (sulfide) groups is 1. The smallest absolute Gasteiger partial charge is 0.158 e. The van der Waals surface area contributed by atoms with Crippen molar-refractivity contribution in [2.24, 2.45) is 0 Å². The number of halogens is 3. The molecule has 1 aromatic rings. The van der Waals surface area contributed by atoms with Crippen molar-refractivity contribution in [1.29, 1.82) is 0 Å². The average Bonchev–Trinajstić information content (AvgIpc) is 2.16. The summed E-state index contributed by atoms with van der Waals surface area (Å²) in [6.45, 7) is 2.13. The molecule has 0 nitrogen and oxygen atoms in total. The second-order valence-electron chi connectivity index (χ2n) is 4.11. The maximum absolute atomic E-state index is 5.88. The van der Waals surface area contributed by atoms with Crippen LogP contribution in [0, 0.1) is 0 Å². The summed E-state index contributed by atoms with van der Waals surface area (Å²) in [7, 11) is 0. The summed E-state index contributed by atoms with van der Waals surface area (Å²) in [4.78, 5) is 0. The lowest BCUT2D eigenvalue weighted by Gasteiger charge is -2.31. The summed E-state index contributed by atoms with van der Waals surface area (Å²) in [5, 5.41) is 0. The molecule has 0 aliphatic heterocycles. The summed E-state index contributed by atoms with van der Waals surface area (Å²) >= 11 is 19.4. The molecule has 1 unspecified atom stereocenters. The molecule has 0 N–H and O–H groups in total. The maximum atomic E-state index is 5.88. The summed E-state index contributed by atoms with van der Waals surface area (Å²) in [5.41, 5.74) is 1.27. The molecule has 0 heterocycles. The van der Waals surface area contributed by atoms with Gasteiger partial charge in [0.15, 0.2) is 3.79 Å². The van der Waals surface area contributed by atoms with E-state index in [1.807, 2.05) is 18.2 Å². The monoisotopic (exact) mass is 296 g/mol. The minimum Gasteiger partial charge on any atom is -0.158 e. The molecule has 0 aliphatic rings. The van der Waals surface area contributed by atoms with E-state index in [4.69, 9.17) is 34.8 Å². The number of benzene rings is 1. The lowest BCUT2D eigenvalue weighted by atomic mass is 9.97. The first-order valence-corrected chi connectivity index (χ1v) is 7.36. The van der Waals surface area contributed by atoms with Gasteiger partial charge in [-0.15, -0.1) is 0 Å². The fourth-order valence-electron chi connectivity index (χ4n) is 1.66. The second kappa shape index (κ2) is 5.86. The van der Waals surface area contributed by atoms with Gasteiger partial charge in [0, 0.05) is 11.2 Å². The number of alkyl halides is 3. The normalized spacial score (nSPS) is 15.8. The Kier molecular flexibility index (Phi) is 5.31. The van der Waals surface area contributed by atoms with Gasteiger partial charge < -0.3 is 0 Å². The fraction of sp³-hybridized carbons (Fsp3) is 0.500. The van der Waals surface area contributed by atoms with Crippen molar-refractivity contribution in [3.63, 3.8) is 0 Å². The topological polar surface area (TPSA) is 0 Å². The molecular weight excluding hydrogens is 283 g/mol. The minimum absolute atomic E-state index is 0.0490. The quantitative estimate of drug-likeness (QED) is 0.696. The molecule has 1 atom stereocenters. The van der Waals surface area contributed by atoms with Gasteiger partial charge in [-0.2, -0.15) is 11.8 Å². The second-order valence-corrected chi connectivity index (χ2v) is 8.02. The number of rotatable bonds is 4. The zero-order valence-electron chi connectivity index (χ0n) is 9.34. The van der Waals surface area contributed by atoms with Crippen LogP contribution in [0.5, 0.6) is 0 Å². The molecular formula is C12H15Cl3S. The van der Waals surface area contributed by atoms with Crippen molar-refractivity contribution < 1.29 is 0 Å². The Labute approximate surface area is 117 Å². The van der Waals surface area contributed by atoms with E-state index in [0.29, 0.717) is 6.42 Å². The average molecular weight is 298 g/mol. The molecule has 0 saturated carbocycles. The van der Waals surface area contributed by atoms with E-state index in [9.17, 15) is 0 Å². The molecule has 0 saturated heterocycles. The number of hydrogen-bond acceptors (Lipinski definition) is 1. The van der Waals surface area contributed by atoms with Crippen LogP contribution in [-0.4, -0.2) is 14.8 Å². The molecule has 16 heavy (non-hydrogen) atoms. The fourth-order valence-corrected chi connectivity index (χ4v) is 3.45. The SMILES string of the molecule is CSC(C)(Cc1ccccc1)CC(Cl)(Cl)Cl. The van der Waals surface area contributed by atoms with Crippen LogP contribution in [0.25, 0.3) is 0 Å². The molecule has 4 heteroatoms. The van der Waals surface area contributed by atoms with Crippen LogP contribution in [0.15, 0.2) is 30.3 Å². The Morgan fingerprint density at radius 2 is 1.69 bits per heavy atom. The zero-order valence-corrected chi connectivity index (χ0v) is 12.4. The van der Waals surface area contributed by atoms with Gasteiger partial charge in [0.1, 0.15) is 0 Å². The summed E-state index contributed by atoms with van der Waals surface area (Å²) < 4.78 is -1.24. The van der Waals surface area contributed by atoms with Crippen LogP contribution in [0.3, 0.4) is 0 Å². The van der Waals surface area contributed by atoms with Crippen LogP contribution in [0.1, 0.15) is 18.9 Å². The first-order chi connectivity index (χ1) is 7.35. The van der Waals surface area contributed by atoms with Gasteiger partial charge in [0.05, 0.1) is 0 Å². The molecule has 0 radical (unpaired) electrons. The predicted molar refractivity (Wildman–Crippen MR) is 77.0 cm³/mol. The number of hydrogen-bond donors (Lipinski definition) is 0. The Balaban J connectivity index is 2.74. The van der Waals surface area contributed by atoms with E-state index in [2.05, 4.69) is 25.3 Å². The van der Waals surface area contributed by atoms with Crippen molar-refractivity contribution in [3.8, 4) is 0 Å². The van der Waals surface area contributed by atoms with Crippen LogP contribution in [0.2, 0.25) is 0 Å². The highest BCUT2D eigenvalue weighted by Crippen LogP contribution is 2.42. The van der Waals surface area contributed by atoms with E-state index in [1.165, 1.54) is 5.56 Å². The van der Waals surface area contributed by atoms with E-state index in [-0.39, 0.29) is 4.75 Å². The maximum Gasteiger partial charge on any atom is 0.191 e. The molecule has 0 spiro atoms. The van der Waals surface area contributed by atoms with Crippen LogP contribution < -0.4 is 0 Å². The highest BCUT2D eigenvalue weighted by Gasteiger charge is 2.34. The van der Waals surface area contributed by atoms with Crippen molar-refractivity contribution in [1.82, 2.24) is 0 Å². The van der Waals surface area contributed by atoms with Crippen molar-refractivity contribution in [2.75, 3.05) is 6.26 Å². The van der Waals surface area contributed by atoms with Crippen LogP contribution in [0.4, 0.5) is 0 Å².